The Balaban J connectivity index is 1.96. The number of benzene rings is 2. The van der Waals surface area contributed by atoms with E-state index in [-0.39, 0.29) is 11.7 Å². The predicted octanol–water partition coefficient (Wildman–Crippen LogP) is 5.71. The second-order valence-electron chi connectivity index (χ2n) is 4.82. The van der Waals surface area contributed by atoms with Crippen molar-refractivity contribution in [1.29, 1.82) is 0 Å². The van der Waals surface area contributed by atoms with E-state index in [1.165, 1.54) is 16.7 Å². The molecule has 0 spiro atoms. The van der Waals surface area contributed by atoms with Gasteiger partial charge in [0.1, 0.15) is 5.75 Å². The van der Waals surface area contributed by atoms with Crippen molar-refractivity contribution in [1.82, 2.24) is 0 Å². The van der Waals surface area contributed by atoms with Crippen LogP contribution >= 0.6 is 69.8 Å². The maximum Gasteiger partial charge on any atom is 0.270 e. The number of thioether (sulfide) groups is 1. The SMILES string of the molecule is O=C1/C(=C\c2ccc(O)c(I)c2)SC(=S)N1c1ccc(Cl)cc1Cl. The number of anilines is 1. The van der Waals surface area contributed by atoms with E-state index in [0.29, 0.717) is 28.5 Å². The van der Waals surface area contributed by atoms with E-state index in [2.05, 4.69) is 0 Å². The molecule has 1 fully saturated rings. The first kappa shape index (κ1) is 18.0. The van der Waals surface area contributed by atoms with Crippen LogP contribution < -0.4 is 4.90 Å². The summed E-state index contributed by atoms with van der Waals surface area (Å²) < 4.78 is 1.11. The molecule has 0 saturated carbocycles. The van der Waals surface area contributed by atoms with Crippen LogP contribution in [0.3, 0.4) is 0 Å². The van der Waals surface area contributed by atoms with E-state index < -0.39 is 0 Å². The minimum absolute atomic E-state index is 0.202. The Morgan fingerprint density at radius 2 is 1.96 bits per heavy atom. The van der Waals surface area contributed by atoms with Gasteiger partial charge in [0.25, 0.3) is 5.91 Å². The molecule has 3 rings (SSSR count). The number of carbonyl (C=O) groups is 1. The summed E-state index contributed by atoms with van der Waals surface area (Å²) >= 11 is 20.7. The first-order valence-corrected chi connectivity index (χ1v) is 9.64. The lowest BCUT2D eigenvalue weighted by atomic mass is 10.2. The lowest BCUT2D eigenvalue weighted by molar-refractivity contribution is -0.113. The van der Waals surface area contributed by atoms with Crippen molar-refractivity contribution in [2.24, 2.45) is 0 Å². The molecular weight excluding hydrogens is 500 g/mol. The van der Waals surface area contributed by atoms with E-state index in [1.54, 1.807) is 42.5 Å². The minimum Gasteiger partial charge on any atom is -0.507 e. The smallest absolute Gasteiger partial charge is 0.270 e. The van der Waals surface area contributed by atoms with Crippen LogP contribution in [0.4, 0.5) is 5.69 Å². The first-order valence-electron chi connectivity index (χ1n) is 6.58. The third-order valence-corrected chi connectivity index (χ3v) is 5.92. The highest BCUT2D eigenvalue weighted by Gasteiger charge is 2.34. The molecule has 0 aromatic heterocycles. The molecule has 1 saturated heterocycles. The Hall–Kier alpha value is -0.800. The fraction of sp³-hybridized carbons (Fsp3) is 0. The van der Waals surface area contributed by atoms with Gasteiger partial charge in [-0.3, -0.25) is 9.69 Å². The largest absolute Gasteiger partial charge is 0.507 e. The highest BCUT2D eigenvalue weighted by molar-refractivity contribution is 14.1. The van der Waals surface area contributed by atoms with Crippen LogP contribution in [0.2, 0.25) is 10.0 Å². The molecule has 0 aliphatic carbocycles. The zero-order chi connectivity index (χ0) is 17.4. The monoisotopic (exact) mass is 507 g/mol. The molecule has 1 heterocycles. The molecule has 2 aromatic carbocycles. The lowest BCUT2D eigenvalue weighted by Crippen LogP contribution is -2.27. The number of phenolic OH excluding ortho intramolecular Hbond substituents is 1. The Bertz CT molecular complexity index is 902. The quantitative estimate of drug-likeness (QED) is 0.321. The maximum absolute atomic E-state index is 12.7. The average molecular weight is 508 g/mol. The summed E-state index contributed by atoms with van der Waals surface area (Å²) in [7, 11) is 0. The molecule has 3 nitrogen and oxygen atoms in total. The molecule has 2 aromatic rings. The van der Waals surface area contributed by atoms with Crippen LogP contribution in [-0.4, -0.2) is 15.3 Å². The summed E-state index contributed by atoms with van der Waals surface area (Å²) in [6.07, 6.45) is 1.74. The normalized spacial score (nSPS) is 16.3. The Morgan fingerprint density at radius 3 is 2.62 bits per heavy atom. The van der Waals surface area contributed by atoms with Crippen LogP contribution in [0.15, 0.2) is 41.3 Å². The van der Waals surface area contributed by atoms with Gasteiger partial charge in [-0.2, -0.15) is 0 Å². The molecule has 1 aliphatic rings. The summed E-state index contributed by atoms with van der Waals surface area (Å²) in [5, 5.41) is 10.4. The molecule has 8 heteroatoms. The van der Waals surface area contributed by atoms with Gasteiger partial charge in [-0.25, -0.2) is 0 Å². The van der Waals surface area contributed by atoms with E-state index in [0.717, 1.165) is 5.56 Å². The zero-order valence-corrected chi connectivity index (χ0v) is 17.1. The molecule has 1 N–H and O–H groups in total. The van der Waals surface area contributed by atoms with Crippen molar-refractivity contribution in [2.75, 3.05) is 4.90 Å². The van der Waals surface area contributed by atoms with Gasteiger partial charge in [-0.05, 0) is 64.6 Å². The summed E-state index contributed by atoms with van der Waals surface area (Å²) in [5.74, 6) is -0.0365. The highest BCUT2D eigenvalue weighted by Crippen LogP contribution is 2.39. The van der Waals surface area contributed by atoms with E-state index in [1.807, 2.05) is 22.6 Å². The number of hydrogen-bond acceptors (Lipinski definition) is 4. The summed E-state index contributed by atoms with van der Waals surface area (Å²) in [5.41, 5.74) is 1.31. The number of nitrogens with zero attached hydrogens (tertiary/aromatic N) is 1. The lowest BCUT2D eigenvalue weighted by Gasteiger charge is -2.16. The topological polar surface area (TPSA) is 40.5 Å². The summed E-state index contributed by atoms with van der Waals surface area (Å²) in [4.78, 5) is 14.6. The number of thiocarbonyl (C=S) groups is 1. The van der Waals surface area contributed by atoms with Crippen LogP contribution in [0.1, 0.15) is 5.56 Å². The van der Waals surface area contributed by atoms with Gasteiger partial charge in [0.2, 0.25) is 0 Å². The van der Waals surface area contributed by atoms with Crippen LogP contribution in [-0.2, 0) is 4.79 Å². The van der Waals surface area contributed by atoms with Crippen molar-refractivity contribution >= 4 is 91.8 Å². The number of rotatable bonds is 2. The maximum atomic E-state index is 12.7. The zero-order valence-electron chi connectivity index (χ0n) is 11.8. The standard InChI is InChI=1S/C16H8Cl2INO2S2/c17-9-2-3-12(10(18)7-9)20-15(22)14(24-16(20)23)6-8-1-4-13(21)11(19)5-8/h1-7,21H/b14-6+. The number of carbonyl (C=O) groups excluding carboxylic acids is 1. The van der Waals surface area contributed by atoms with Crippen molar-refractivity contribution in [3.63, 3.8) is 0 Å². The minimum atomic E-state index is -0.239. The van der Waals surface area contributed by atoms with Gasteiger partial charge in [-0.15, -0.1) is 0 Å². The number of halogens is 3. The number of amides is 1. The summed E-state index contributed by atoms with van der Waals surface area (Å²) in [6.45, 7) is 0. The Labute approximate surface area is 171 Å². The van der Waals surface area contributed by atoms with Gasteiger partial charge in [0.15, 0.2) is 4.32 Å². The Morgan fingerprint density at radius 1 is 1.21 bits per heavy atom. The number of phenols is 1. The average Bonchev–Trinajstić information content (AvgIpc) is 2.78. The van der Waals surface area contributed by atoms with Gasteiger partial charge < -0.3 is 5.11 Å². The highest BCUT2D eigenvalue weighted by atomic mass is 127. The predicted molar refractivity (Wildman–Crippen MR) is 113 cm³/mol. The van der Waals surface area contributed by atoms with E-state index >= 15 is 0 Å². The van der Waals surface area contributed by atoms with Gasteiger partial charge >= 0.3 is 0 Å². The first-order chi connectivity index (χ1) is 11.4. The molecule has 0 unspecified atom stereocenters. The number of aromatic hydroxyl groups is 1. The number of hydrogen-bond donors (Lipinski definition) is 1. The molecule has 24 heavy (non-hydrogen) atoms. The van der Waals surface area contributed by atoms with Crippen molar-refractivity contribution in [3.05, 3.63) is 60.5 Å². The fourth-order valence-electron chi connectivity index (χ4n) is 2.10. The van der Waals surface area contributed by atoms with E-state index in [9.17, 15) is 9.90 Å². The van der Waals surface area contributed by atoms with E-state index in [4.69, 9.17) is 35.4 Å². The van der Waals surface area contributed by atoms with Gasteiger partial charge in [0, 0.05) is 5.02 Å². The molecule has 0 atom stereocenters. The van der Waals surface area contributed by atoms with Crippen LogP contribution in [0, 0.1) is 3.57 Å². The van der Waals surface area contributed by atoms with Crippen molar-refractivity contribution in [2.45, 2.75) is 0 Å². The Kier molecular flexibility index (Phi) is 5.41. The molecule has 1 amide bonds. The molecule has 1 aliphatic heterocycles. The molecule has 0 radical (unpaired) electrons. The van der Waals surface area contributed by atoms with Crippen molar-refractivity contribution < 1.29 is 9.90 Å². The molecule has 0 bridgehead atoms. The summed E-state index contributed by atoms with van der Waals surface area (Å²) in [6, 6.07) is 10.0. The van der Waals surface area contributed by atoms with Gasteiger partial charge in [0.05, 0.1) is 19.2 Å². The molecular formula is C16H8Cl2INO2S2. The second-order valence-corrected chi connectivity index (χ2v) is 8.51. The van der Waals surface area contributed by atoms with Crippen LogP contribution in [0.5, 0.6) is 5.75 Å². The second kappa shape index (κ2) is 7.21. The molecule has 122 valence electrons. The third kappa shape index (κ3) is 3.57. The fourth-order valence-corrected chi connectivity index (χ4v) is 4.42. The van der Waals surface area contributed by atoms with Crippen LogP contribution in [0.25, 0.3) is 6.08 Å². The van der Waals surface area contributed by atoms with Gasteiger partial charge in [-0.1, -0.05) is 53.2 Å². The van der Waals surface area contributed by atoms with Crippen molar-refractivity contribution in [3.8, 4) is 5.75 Å². The third-order valence-electron chi connectivity index (χ3n) is 3.21.